The Morgan fingerprint density at radius 2 is 2.26 bits per heavy atom. The molecule has 0 spiro atoms. The van der Waals surface area contributed by atoms with E-state index in [0.29, 0.717) is 6.04 Å². The zero-order chi connectivity index (χ0) is 13.4. The lowest BCUT2D eigenvalue weighted by Gasteiger charge is -2.36. The zero-order valence-electron chi connectivity index (χ0n) is 11.0. The summed E-state index contributed by atoms with van der Waals surface area (Å²) in [5.74, 6) is 0. The van der Waals surface area contributed by atoms with Gasteiger partial charge in [0.15, 0.2) is 0 Å². The fourth-order valence-electron chi connectivity index (χ4n) is 2.89. The van der Waals surface area contributed by atoms with E-state index in [9.17, 15) is 4.79 Å². The van der Waals surface area contributed by atoms with Crippen LogP contribution in [0.2, 0.25) is 5.02 Å². The maximum atomic E-state index is 11.5. The summed E-state index contributed by atoms with van der Waals surface area (Å²) in [5, 5.41) is 3.70. The number of aryl methyl sites for hydroxylation is 1. The van der Waals surface area contributed by atoms with Gasteiger partial charge in [-0.3, -0.25) is 4.90 Å². The van der Waals surface area contributed by atoms with Crippen LogP contribution in [0, 0.1) is 6.92 Å². The number of fused-ring (bicyclic) bond motifs is 1. The van der Waals surface area contributed by atoms with Gasteiger partial charge in [-0.15, -0.1) is 0 Å². The highest BCUT2D eigenvalue weighted by Gasteiger charge is 2.35. The summed E-state index contributed by atoms with van der Waals surface area (Å²) < 4.78 is 0. The van der Waals surface area contributed by atoms with Crippen molar-refractivity contribution in [3.05, 3.63) is 34.3 Å². The molecule has 1 N–H and O–H groups in total. The Bertz CT molecular complexity index is 505. The number of halogens is 1. The van der Waals surface area contributed by atoms with Crippen LogP contribution in [0.15, 0.2) is 18.2 Å². The van der Waals surface area contributed by atoms with Crippen LogP contribution in [0.25, 0.3) is 0 Å². The van der Waals surface area contributed by atoms with E-state index < -0.39 is 0 Å². The van der Waals surface area contributed by atoms with E-state index in [2.05, 4.69) is 23.2 Å². The van der Waals surface area contributed by atoms with E-state index in [-0.39, 0.29) is 6.03 Å². The summed E-state index contributed by atoms with van der Waals surface area (Å²) in [7, 11) is 0. The Hall–Kier alpha value is -1.26. The van der Waals surface area contributed by atoms with Crippen molar-refractivity contribution in [3.63, 3.8) is 0 Å². The fourth-order valence-corrected chi connectivity index (χ4v) is 3.12. The van der Waals surface area contributed by atoms with Crippen molar-refractivity contribution >= 4 is 17.6 Å². The molecule has 102 valence electrons. The Kier molecular flexibility index (Phi) is 3.37. The van der Waals surface area contributed by atoms with Gasteiger partial charge in [-0.2, -0.15) is 0 Å². The largest absolute Gasteiger partial charge is 0.336 e. The van der Waals surface area contributed by atoms with E-state index in [1.807, 2.05) is 17.0 Å². The van der Waals surface area contributed by atoms with Gasteiger partial charge in [0.25, 0.3) is 0 Å². The minimum absolute atomic E-state index is 0.0901. The minimum atomic E-state index is 0.0901. The van der Waals surface area contributed by atoms with Gasteiger partial charge in [0.2, 0.25) is 0 Å². The predicted molar refractivity (Wildman–Crippen MR) is 75.4 cm³/mol. The Balaban J connectivity index is 1.66. The lowest BCUT2D eigenvalue weighted by molar-refractivity contribution is 0.116. The molecule has 2 aliphatic rings. The molecule has 2 heterocycles. The standard InChI is InChI=1S/C14H18ClN3O/c1-10-6-12(15)3-2-11(10)8-17-4-5-18-13(9-17)7-16-14(18)19/h2-3,6,13H,4-5,7-9H2,1H3,(H,16,19)/t13-/m1/s1. The zero-order valence-corrected chi connectivity index (χ0v) is 11.8. The van der Waals surface area contributed by atoms with Gasteiger partial charge in [-0.25, -0.2) is 4.79 Å². The van der Waals surface area contributed by atoms with Crippen molar-refractivity contribution in [2.75, 3.05) is 26.2 Å². The number of amides is 2. The molecule has 0 saturated carbocycles. The second-order valence-electron chi connectivity index (χ2n) is 5.34. The normalized spacial score (nSPS) is 23.4. The van der Waals surface area contributed by atoms with E-state index in [1.165, 1.54) is 11.1 Å². The molecule has 4 nitrogen and oxygen atoms in total. The number of piperazine rings is 1. The summed E-state index contributed by atoms with van der Waals surface area (Å²) in [4.78, 5) is 15.9. The van der Waals surface area contributed by atoms with E-state index >= 15 is 0 Å². The molecule has 0 radical (unpaired) electrons. The van der Waals surface area contributed by atoms with Crippen LogP contribution in [-0.2, 0) is 6.54 Å². The number of hydrogen-bond donors (Lipinski definition) is 1. The van der Waals surface area contributed by atoms with E-state index in [0.717, 1.165) is 37.7 Å². The maximum absolute atomic E-state index is 11.5. The first kappa shape index (κ1) is 12.8. The van der Waals surface area contributed by atoms with Gasteiger partial charge in [-0.05, 0) is 30.2 Å². The minimum Gasteiger partial charge on any atom is -0.336 e. The van der Waals surface area contributed by atoms with E-state index in [1.54, 1.807) is 0 Å². The summed E-state index contributed by atoms with van der Waals surface area (Å²) in [5.41, 5.74) is 2.55. The maximum Gasteiger partial charge on any atom is 0.317 e. The van der Waals surface area contributed by atoms with Crippen LogP contribution < -0.4 is 5.32 Å². The molecule has 5 heteroatoms. The molecule has 2 fully saturated rings. The van der Waals surface area contributed by atoms with Gasteiger partial charge in [0.1, 0.15) is 0 Å². The molecule has 2 aliphatic heterocycles. The third kappa shape index (κ3) is 2.55. The van der Waals surface area contributed by atoms with Crippen LogP contribution in [0.3, 0.4) is 0 Å². The highest BCUT2D eigenvalue weighted by Crippen LogP contribution is 2.20. The number of nitrogens with zero attached hydrogens (tertiary/aromatic N) is 2. The number of nitrogens with one attached hydrogen (secondary N) is 1. The van der Waals surface area contributed by atoms with Gasteiger partial charge >= 0.3 is 6.03 Å². The van der Waals surface area contributed by atoms with Crippen molar-refractivity contribution < 1.29 is 4.79 Å². The monoisotopic (exact) mass is 279 g/mol. The average molecular weight is 280 g/mol. The molecular weight excluding hydrogens is 262 g/mol. The Labute approximate surface area is 118 Å². The van der Waals surface area contributed by atoms with Crippen LogP contribution in [0.5, 0.6) is 0 Å². The first-order valence-corrected chi connectivity index (χ1v) is 7.03. The van der Waals surface area contributed by atoms with Crippen LogP contribution in [-0.4, -0.2) is 48.1 Å². The Morgan fingerprint density at radius 3 is 3.05 bits per heavy atom. The van der Waals surface area contributed by atoms with Crippen molar-refractivity contribution in [2.45, 2.75) is 19.5 Å². The topological polar surface area (TPSA) is 35.6 Å². The average Bonchev–Trinajstić information content (AvgIpc) is 2.74. The summed E-state index contributed by atoms with van der Waals surface area (Å²) in [6, 6.07) is 6.47. The second-order valence-corrected chi connectivity index (χ2v) is 5.78. The lowest BCUT2D eigenvalue weighted by Crippen LogP contribution is -2.51. The van der Waals surface area contributed by atoms with Crippen LogP contribution >= 0.6 is 11.6 Å². The molecule has 0 aliphatic carbocycles. The number of benzene rings is 1. The van der Waals surface area contributed by atoms with Crippen molar-refractivity contribution in [1.29, 1.82) is 0 Å². The molecule has 1 aromatic carbocycles. The fraction of sp³-hybridized carbons (Fsp3) is 0.500. The third-order valence-corrected chi connectivity index (χ3v) is 4.25. The smallest absolute Gasteiger partial charge is 0.317 e. The highest BCUT2D eigenvalue weighted by molar-refractivity contribution is 6.30. The summed E-state index contributed by atoms with van der Waals surface area (Å²) in [6.07, 6.45) is 0. The van der Waals surface area contributed by atoms with Crippen molar-refractivity contribution in [2.24, 2.45) is 0 Å². The number of carbonyl (C=O) groups excluding carboxylic acids is 1. The van der Waals surface area contributed by atoms with Gasteiger partial charge in [-0.1, -0.05) is 17.7 Å². The SMILES string of the molecule is Cc1cc(Cl)ccc1CN1CCN2C(=O)NC[C@@H]2C1. The Morgan fingerprint density at radius 1 is 1.42 bits per heavy atom. The number of rotatable bonds is 2. The molecule has 19 heavy (non-hydrogen) atoms. The quantitative estimate of drug-likeness (QED) is 0.897. The first-order chi connectivity index (χ1) is 9.13. The highest BCUT2D eigenvalue weighted by atomic mass is 35.5. The third-order valence-electron chi connectivity index (χ3n) is 4.02. The number of urea groups is 1. The van der Waals surface area contributed by atoms with Gasteiger partial charge < -0.3 is 10.2 Å². The summed E-state index contributed by atoms with van der Waals surface area (Å²) in [6.45, 7) is 6.50. The molecule has 3 rings (SSSR count). The molecule has 0 aromatic heterocycles. The van der Waals surface area contributed by atoms with Gasteiger partial charge in [0.05, 0.1) is 6.04 Å². The molecule has 2 amide bonds. The molecular formula is C14H18ClN3O. The number of carbonyl (C=O) groups is 1. The van der Waals surface area contributed by atoms with Crippen molar-refractivity contribution in [1.82, 2.24) is 15.1 Å². The summed E-state index contributed by atoms with van der Waals surface area (Å²) >= 11 is 5.98. The molecule has 0 unspecified atom stereocenters. The molecule has 1 atom stereocenters. The van der Waals surface area contributed by atoms with E-state index in [4.69, 9.17) is 11.6 Å². The van der Waals surface area contributed by atoms with Crippen LogP contribution in [0.1, 0.15) is 11.1 Å². The second kappa shape index (κ2) is 5.02. The van der Waals surface area contributed by atoms with Crippen molar-refractivity contribution in [3.8, 4) is 0 Å². The number of hydrogen-bond acceptors (Lipinski definition) is 2. The molecule has 0 bridgehead atoms. The van der Waals surface area contributed by atoms with Crippen LogP contribution in [0.4, 0.5) is 4.79 Å². The first-order valence-electron chi connectivity index (χ1n) is 6.65. The predicted octanol–water partition coefficient (Wildman–Crippen LogP) is 1.86. The van der Waals surface area contributed by atoms with Gasteiger partial charge in [0, 0.05) is 37.7 Å². The lowest BCUT2D eigenvalue weighted by atomic mass is 10.1. The molecule has 2 saturated heterocycles. The molecule has 1 aromatic rings.